The molecule has 0 unspecified atom stereocenters. The van der Waals surface area contributed by atoms with Crippen LogP contribution in [0.2, 0.25) is 0 Å². The van der Waals surface area contributed by atoms with Gasteiger partial charge in [0.15, 0.2) is 0 Å². The first kappa shape index (κ1) is 10.8. The SMILES string of the molecule is COc1cc(N)cc(NCC2(C3CC3)CC2)c1. The van der Waals surface area contributed by atoms with Gasteiger partial charge in [-0.3, -0.25) is 0 Å². The van der Waals surface area contributed by atoms with Gasteiger partial charge in [-0.2, -0.15) is 0 Å². The summed E-state index contributed by atoms with van der Waals surface area (Å²) in [4.78, 5) is 0. The Bertz CT molecular complexity index is 422. The monoisotopic (exact) mass is 232 g/mol. The number of ether oxygens (including phenoxy) is 1. The minimum Gasteiger partial charge on any atom is -0.497 e. The number of rotatable bonds is 5. The minimum absolute atomic E-state index is 0.609. The fourth-order valence-electron chi connectivity index (χ4n) is 2.71. The summed E-state index contributed by atoms with van der Waals surface area (Å²) in [6.07, 6.45) is 5.65. The molecule has 2 aliphatic rings. The van der Waals surface area contributed by atoms with Crippen molar-refractivity contribution in [2.75, 3.05) is 24.7 Å². The fourth-order valence-corrected chi connectivity index (χ4v) is 2.71. The van der Waals surface area contributed by atoms with Gasteiger partial charge in [0.05, 0.1) is 7.11 Å². The Balaban J connectivity index is 1.66. The van der Waals surface area contributed by atoms with Crippen LogP contribution in [0.3, 0.4) is 0 Å². The number of anilines is 2. The molecule has 0 aliphatic heterocycles. The maximum atomic E-state index is 5.84. The lowest BCUT2D eigenvalue weighted by atomic mass is 10.0. The Morgan fingerprint density at radius 1 is 1.35 bits per heavy atom. The topological polar surface area (TPSA) is 47.3 Å². The molecule has 2 saturated carbocycles. The summed E-state index contributed by atoms with van der Waals surface area (Å²) in [5, 5.41) is 3.52. The second-order valence-corrected chi connectivity index (χ2v) is 5.49. The molecular weight excluding hydrogens is 212 g/mol. The van der Waals surface area contributed by atoms with Crippen molar-refractivity contribution in [1.29, 1.82) is 0 Å². The molecule has 2 aliphatic carbocycles. The van der Waals surface area contributed by atoms with E-state index >= 15 is 0 Å². The molecule has 17 heavy (non-hydrogen) atoms. The summed E-state index contributed by atoms with van der Waals surface area (Å²) < 4.78 is 5.22. The second kappa shape index (κ2) is 3.83. The van der Waals surface area contributed by atoms with Crippen LogP contribution in [-0.4, -0.2) is 13.7 Å². The summed E-state index contributed by atoms with van der Waals surface area (Å²) in [5.41, 5.74) is 8.28. The molecule has 0 atom stereocenters. The van der Waals surface area contributed by atoms with Gasteiger partial charge in [0, 0.05) is 30.1 Å². The van der Waals surface area contributed by atoms with Crippen LogP contribution in [-0.2, 0) is 0 Å². The maximum Gasteiger partial charge on any atom is 0.122 e. The molecule has 3 rings (SSSR count). The van der Waals surface area contributed by atoms with Gasteiger partial charge in [0.1, 0.15) is 5.75 Å². The number of nitrogen functional groups attached to an aromatic ring is 1. The third kappa shape index (κ3) is 2.19. The average molecular weight is 232 g/mol. The molecule has 2 fully saturated rings. The van der Waals surface area contributed by atoms with Gasteiger partial charge in [0.2, 0.25) is 0 Å². The molecule has 0 amide bonds. The summed E-state index contributed by atoms with van der Waals surface area (Å²) in [6, 6.07) is 5.84. The lowest BCUT2D eigenvalue weighted by molar-refractivity contribution is 0.415. The van der Waals surface area contributed by atoms with Crippen LogP contribution in [0.15, 0.2) is 18.2 Å². The van der Waals surface area contributed by atoms with E-state index in [0.29, 0.717) is 5.41 Å². The highest BCUT2D eigenvalue weighted by atomic mass is 16.5. The zero-order valence-corrected chi connectivity index (χ0v) is 10.3. The molecule has 3 heteroatoms. The fraction of sp³-hybridized carbons (Fsp3) is 0.571. The van der Waals surface area contributed by atoms with Crippen LogP contribution in [0.1, 0.15) is 25.7 Å². The first-order chi connectivity index (χ1) is 8.22. The molecule has 0 aromatic heterocycles. The van der Waals surface area contributed by atoms with Crippen LogP contribution in [0.25, 0.3) is 0 Å². The van der Waals surface area contributed by atoms with Crippen molar-refractivity contribution in [3.63, 3.8) is 0 Å². The third-order valence-electron chi connectivity index (χ3n) is 4.14. The summed E-state index contributed by atoms with van der Waals surface area (Å²) in [5.74, 6) is 1.81. The molecule has 3 nitrogen and oxygen atoms in total. The van der Waals surface area contributed by atoms with E-state index in [1.165, 1.54) is 25.7 Å². The molecule has 0 heterocycles. The zero-order chi connectivity index (χ0) is 11.9. The zero-order valence-electron chi connectivity index (χ0n) is 10.3. The third-order valence-corrected chi connectivity index (χ3v) is 4.14. The molecular formula is C14H20N2O. The van der Waals surface area contributed by atoms with Crippen molar-refractivity contribution in [1.82, 2.24) is 0 Å². The number of methoxy groups -OCH3 is 1. The first-order valence-corrected chi connectivity index (χ1v) is 6.40. The number of nitrogens with one attached hydrogen (secondary N) is 1. The average Bonchev–Trinajstić information content (AvgIpc) is 3.15. The van der Waals surface area contributed by atoms with E-state index in [0.717, 1.165) is 29.6 Å². The van der Waals surface area contributed by atoms with Gasteiger partial charge in [-0.25, -0.2) is 0 Å². The maximum absolute atomic E-state index is 5.84. The van der Waals surface area contributed by atoms with E-state index < -0.39 is 0 Å². The Morgan fingerprint density at radius 2 is 2.12 bits per heavy atom. The Morgan fingerprint density at radius 3 is 2.71 bits per heavy atom. The summed E-state index contributed by atoms with van der Waals surface area (Å²) in [7, 11) is 1.67. The van der Waals surface area contributed by atoms with Crippen LogP contribution in [0, 0.1) is 11.3 Å². The smallest absolute Gasteiger partial charge is 0.122 e. The van der Waals surface area contributed by atoms with E-state index in [9.17, 15) is 0 Å². The van der Waals surface area contributed by atoms with Gasteiger partial charge in [-0.15, -0.1) is 0 Å². The largest absolute Gasteiger partial charge is 0.497 e. The van der Waals surface area contributed by atoms with Crippen molar-refractivity contribution >= 4 is 11.4 Å². The Hall–Kier alpha value is -1.38. The molecule has 1 aromatic carbocycles. The van der Waals surface area contributed by atoms with E-state index in [2.05, 4.69) is 5.32 Å². The molecule has 0 radical (unpaired) electrons. The van der Waals surface area contributed by atoms with Crippen LogP contribution >= 0.6 is 0 Å². The molecule has 0 bridgehead atoms. The quantitative estimate of drug-likeness (QED) is 0.767. The molecule has 0 spiro atoms. The normalized spacial score (nSPS) is 21.0. The Labute approximate surface area is 102 Å². The highest BCUT2D eigenvalue weighted by Gasteiger charge is 2.53. The molecule has 1 aromatic rings. The lowest BCUT2D eigenvalue weighted by Crippen LogP contribution is -2.17. The summed E-state index contributed by atoms with van der Waals surface area (Å²) >= 11 is 0. The highest BCUT2D eigenvalue weighted by molar-refractivity contribution is 5.59. The minimum atomic E-state index is 0.609. The van der Waals surface area contributed by atoms with Crippen LogP contribution in [0.4, 0.5) is 11.4 Å². The predicted molar refractivity (Wildman–Crippen MR) is 70.3 cm³/mol. The van der Waals surface area contributed by atoms with Gasteiger partial charge < -0.3 is 15.8 Å². The highest BCUT2D eigenvalue weighted by Crippen LogP contribution is 2.61. The van der Waals surface area contributed by atoms with Crippen molar-refractivity contribution in [2.45, 2.75) is 25.7 Å². The Kier molecular flexibility index (Phi) is 2.42. The molecule has 3 N–H and O–H groups in total. The number of benzene rings is 1. The number of hydrogen-bond acceptors (Lipinski definition) is 3. The van der Waals surface area contributed by atoms with E-state index in [1.54, 1.807) is 7.11 Å². The predicted octanol–water partition coefficient (Wildman–Crippen LogP) is 2.88. The first-order valence-electron chi connectivity index (χ1n) is 6.40. The van der Waals surface area contributed by atoms with E-state index in [4.69, 9.17) is 10.5 Å². The lowest BCUT2D eigenvalue weighted by Gasteiger charge is -2.16. The van der Waals surface area contributed by atoms with Gasteiger partial charge >= 0.3 is 0 Å². The summed E-state index contributed by atoms with van der Waals surface area (Å²) in [6.45, 7) is 1.09. The van der Waals surface area contributed by atoms with Gasteiger partial charge in [0.25, 0.3) is 0 Å². The van der Waals surface area contributed by atoms with Crippen molar-refractivity contribution < 1.29 is 4.74 Å². The van der Waals surface area contributed by atoms with Crippen molar-refractivity contribution in [3.05, 3.63) is 18.2 Å². The van der Waals surface area contributed by atoms with Crippen molar-refractivity contribution in [3.8, 4) is 5.75 Å². The standard InChI is InChI=1S/C14H20N2O/c1-17-13-7-11(15)6-12(8-13)16-9-14(4-5-14)10-2-3-10/h6-8,10,16H,2-5,9,15H2,1H3. The van der Waals surface area contributed by atoms with E-state index in [1.807, 2.05) is 18.2 Å². The van der Waals surface area contributed by atoms with Crippen LogP contribution < -0.4 is 15.8 Å². The van der Waals surface area contributed by atoms with Crippen molar-refractivity contribution in [2.24, 2.45) is 11.3 Å². The van der Waals surface area contributed by atoms with Gasteiger partial charge in [-0.1, -0.05) is 0 Å². The van der Waals surface area contributed by atoms with Gasteiger partial charge in [-0.05, 0) is 43.1 Å². The molecule has 92 valence electrons. The van der Waals surface area contributed by atoms with E-state index in [-0.39, 0.29) is 0 Å². The number of hydrogen-bond donors (Lipinski definition) is 2. The second-order valence-electron chi connectivity index (χ2n) is 5.49. The van der Waals surface area contributed by atoms with Crippen LogP contribution in [0.5, 0.6) is 5.75 Å². The number of nitrogens with two attached hydrogens (primary N) is 1. The molecule has 0 saturated heterocycles.